The fraction of sp³-hybridized carbons (Fsp3) is 0.600. The summed E-state index contributed by atoms with van der Waals surface area (Å²) in [6.45, 7) is 15.5. The molecule has 16 heavy (non-hydrogen) atoms. The molecule has 0 fully saturated rings. The molecule has 0 saturated carbocycles. The van der Waals surface area contributed by atoms with E-state index in [9.17, 15) is 0 Å². The van der Waals surface area contributed by atoms with Gasteiger partial charge in [-0.3, -0.25) is 0 Å². The second kappa shape index (κ2) is 4.03. The molecular weight excluding hydrogens is 212 g/mol. The summed E-state index contributed by atoms with van der Waals surface area (Å²) in [7, 11) is 0. The normalized spacial score (nSPS) is 12.9. The first-order valence-electron chi connectivity index (χ1n) is 5.86. The average Bonchev–Trinajstić information content (AvgIpc) is 2.04. The summed E-state index contributed by atoms with van der Waals surface area (Å²) in [6.07, 6.45) is 0. The lowest BCUT2D eigenvalue weighted by molar-refractivity contribution is 0.546. The summed E-state index contributed by atoms with van der Waals surface area (Å²) in [4.78, 5) is 1.05. The molecule has 0 aliphatic rings. The van der Waals surface area contributed by atoms with Crippen LogP contribution in [0.25, 0.3) is 0 Å². The number of hydrogen-bond donors (Lipinski definition) is 0. The van der Waals surface area contributed by atoms with Crippen LogP contribution in [-0.2, 0) is 10.8 Å². The van der Waals surface area contributed by atoms with E-state index in [0.717, 1.165) is 4.90 Å². The van der Waals surface area contributed by atoms with Gasteiger partial charge >= 0.3 is 0 Å². The molecule has 1 radical (unpaired) electrons. The van der Waals surface area contributed by atoms with Gasteiger partial charge in [-0.15, -0.1) is 0 Å². The molecule has 0 aliphatic carbocycles. The monoisotopic (exact) mass is 235 g/mol. The molecule has 0 unspecified atom stereocenters. The Kier molecular flexibility index (Phi) is 3.40. The molecule has 0 nitrogen and oxygen atoms in total. The highest BCUT2D eigenvalue weighted by Gasteiger charge is 2.24. The fourth-order valence-corrected chi connectivity index (χ4v) is 2.62. The minimum Gasteiger partial charge on any atom is -0.0795 e. The van der Waals surface area contributed by atoms with Gasteiger partial charge in [-0.1, -0.05) is 71.9 Å². The topological polar surface area (TPSA) is 0 Å². The number of rotatable bonds is 0. The molecule has 1 heteroatoms. The first-order valence-corrected chi connectivity index (χ1v) is 6.27. The summed E-state index contributed by atoms with van der Waals surface area (Å²) in [5, 5.41) is 0. The van der Waals surface area contributed by atoms with Gasteiger partial charge in [-0.2, -0.15) is 0 Å². The second-order valence-corrected chi connectivity index (χ2v) is 7.10. The van der Waals surface area contributed by atoms with Crippen molar-refractivity contribution in [2.75, 3.05) is 0 Å². The minimum atomic E-state index is 0.128. The van der Waals surface area contributed by atoms with E-state index in [1.165, 1.54) is 16.7 Å². The van der Waals surface area contributed by atoms with E-state index in [4.69, 9.17) is 12.6 Å². The average molecular weight is 235 g/mol. The molecule has 0 aromatic heterocycles. The first-order chi connectivity index (χ1) is 7.03. The Morgan fingerprint density at radius 2 is 1.12 bits per heavy atom. The summed E-state index contributed by atoms with van der Waals surface area (Å²) in [5.41, 5.74) is 4.16. The smallest absolute Gasteiger partial charge is 0.0451 e. The van der Waals surface area contributed by atoms with Gasteiger partial charge in [0.25, 0.3) is 0 Å². The molecule has 0 spiro atoms. The van der Waals surface area contributed by atoms with Gasteiger partial charge in [-0.05, 0) is 28.9 Å². The molecule has 0 bridgehead atoms. The Balaban J connectivity index is 3.51. The van der Waals surface area contributed by atoms with Crippen LogP contribution in [0.3, 0.4) is 0 Å². The van der Waals surface area contributed by atoms with Crippen molar-refractivity contribution in [2.45, 2.75) is 64.2 Å². The standard InChI is InChI=1S/C15H23S/c1-10-8-11(14(2,3)4)13(16)12(9-10)15(5,6)7/h8-9H,1-7H3. The Hall–Kier alpha value is -0.560. The van der Waals surface area contributed by atoms with Crippen LogP contribution in [0.2, 0.25) is 0 Å². The van der Waals surface area contributed by atoms with Crippen molar-refractivity contribution in [3.63, 3.8) is 0 Å². The maximum Gasteiger partial charge on any atom is 0.0451 e. The summed E-state index contributed by atoms with van der Waals surface area (Å²) in [5.74, 6) is 0. The lowest BCUT2D eigenvalue weighted by atomic mass is 9.79. The van der Waals surface area contributed by atoms with Gasteiger partial charge < -0.3 is 0 Å². The summed E-state index contributed by atoms with van der Waals surface area (Å²) < 4.78 is 0. The summed E-state index contributed by atoms with van der Waals surface area (Å²) in [6, 6.07) is 4.47. The molecule has 0 atom stereocenters. The van der Waals surface area contributed by atoms with Crippen LogP contribution in [-0.4, -0.2) is 0 Å². The Labute approximate surface area is 106 Å². The van der Waals surface area contributed by atoms with Crippen LogP contribution in [0.1, 0.15) is 58.2 Å². The van der Waals surface area contributed by atoms with Crippen molar-refractivity contribution in [2.24, 2.45) is 0 Å². The fourth-order valence-electron chi connectivity index (χ4n) is 1.89. The van der Waals surface area contributed by atoms with E-state index in [-0.39, 0.29) is 10.8 Å². The van der Waals surface area contributed by atoms with Crippen molar-refractivity contribution in [1.29, 1.82) is 0 Å². The van der Waals surface area contributed by atoms with Gasteiger partial charge in [0.1, 0.15) is 0 Å². The van der Waals surface area contributed by atoms with Crippen LogP contribution in [0, 0.1) is 6.92 Å². The molecule has 0 aliphatic heterocycles. The molecule has 0 heterocycles. The molecule has 0 amide bonds. The van der Waals surface area contributed by atoms with Crippen LogP contribution < -0.4 is 0 Å². The molecule has 1 aromatic rings. The van der Waals surface area contributed by atoms with Crippen molar-refractivity contribution in [3.05, 3.63) is 28.8 Å². The molecule has 89 valence electrons. The quantitative estimate of drug-likeness (QED) is 0.583. The molecule has 1 aromatic carbocycles. The summed E-state index contributed by atoms with van der Waals surface area (Å²) >= 11 is 5.65. The lowest BCUT2D eigenvalue weighted by Gasteiger charge is -2.28. The highest BCUT2D eigenvalue weighted by molar-refractivity contribution is 7.80. The van der Waals surface area contributed by atoms with E-state index in [2.05, 4.69) is 60.6 Å². The second-order valence-electron chi connectivity index (χ2n) is 6.69. The number of hydrogen-bond acceptors (Lipinski definition) is 0. The van der Waals surface area contributed by atoms with E-state index in [1.807, 2.05) is 0 Å². The zero-order valence-electron chi connectivity index (χ0n) is 11.6. The van der Waals surface area contributed by atoms with Gasteiger partial charge in [0, 0.05) is 4.90 Å². The number of benzene rings is 1. The van der Waals surface area contributed by atoms with Gasteiger partial charge in [0.15, 0.2) is 0 Å². The third-order valence-electron chi connectivity index (χ3n) is 2.85. The SMILES string of the molecule is Cc1cc(C(C)(C)C)c([S])c(C(C)(C)C)c1. The third-order valence-corrected chi connectivity index (χ3v) is 3.29. The minimum absolute atomic E-state index is 0.128. The highest BCUT2D eigenvalue weighted by atomic mass is 32.1. The predicted molar refractivity (Wildman–Crippen MR) is 74.4 cm³/mol. The van der Waals surface area contributed by atoms with E-state index in [0.29, 0.717) is 0 Å². The van der Waals surface area contributed by atoms with Crippen LogP contribution in [0.4, 0.5) is 0 Å². The van der Waals surface area contributed by atoms with Gasteiger partial charge in [0.2, 0.25) is 0 Å². The van der Waals surface area contributed by atoms with E-state index in [1.54, 1.807) is 0 Å². The third kappa shape index (κ3) is 2.76. The first kappa shape index (κ1) is 13.5. The zero-order valence-corrected chi connectivity index (χ0v) is 12.4. The lowest BCUT2D eigenvalue weighted by Crippen LogP contribution is -2.18. The van der Waals surface area contributed by atoms with Crippen molar-refractivity contribution in [1.82, 2.24) is 0 Å². The number of aryl methyl sites for hydroxylation is 1. The van der Waals surface area contributed by atoms with Crippen molar-refractivity contribution < 1.29 is 0 Å². The van der Waals surface area contributed by atoms with Crippen LogP contribution in [0.5, 0.6) is 0 Å². The largest absolute Gasteiger partial charge is 0.0795 e. The zero-order chi connectivity index (χ0) is 12.7. The maximum absolute atomic E-state index is 5.65. The Morgan fingerprint density at radius 1 is 0.812 bits per heavy atom. The van der Waals surface area contributed by atoms with Gasteiger partial charge in [-0.25, -0.2) is 0 Å². The van der Waals surface area contributed by atoms with Crippen molar-refractivity contribution >= 4 is 12.6 Å². The van der Waals surface area contributed by atoms with Crippen molar-refractivity contribution in [3.8, 4) is 0 Å². The molecule has 0 saturated heterocycles. The molecule has 1 rings (SSSR count). The van der Waals surface area contributed by atoms with E-state index >= 15 is 0 Å². The highest BCUT2D eigenvalue weighted by Crippen LogP contribution is 2.36. The van der Waals surface area contributed by atoms with Gasteiger partial charge in [0.05, 0.1) is 0 Å². The van der Waals surface area contributed by atoms with E-state index < -0.39 is 0 Å². The molecular formula is C15H23S. The molecule has 0 N–H and O–H groups in total. The predicted octanol–water partition coefficient (Wildman–Crippen LogP) is 5.15. The Morgan fingerprint density at radius 3 is 1.38 bits per heavy atom. The van der Waals surface area contributed by atoms with Crippen LogP contribution >= 0.6 is 12.6 Å². The maximum atomic E-state index is 5.65. The Bertz CT molecular complexity index is 354. The van der Waals surface area contributed by atoms with Crippen LogP contribution in [0.15, 0.2) is 17.0 Å².